The fraction of sp³-hybridized carbons (Fsp3) is 0.222. The number of carbonyl (C=O) groups excluding carboxylic acids is 3. The highest BCUT2D eigenvalue weighted by Crippen LogP contribution is 2.38. The van der Waals surface area contributed by atoms with Crippen LogP contribution in [-0.2, 0) is 0 Å². The molecule has 0 aliphatic heterocycles. The first-order valence-electron chi connectivity index (χ1n) is 10.4. The van der Waals surface area contributed by atoms with Crippen LogP contribution in [0.3, 0.4) is 0 Å². The lowest BCUT2D eigenvalue weighted by atomic mass is 9.67. The van der Waals surface area contributed by atoms with Crippen LogP contribution in [0.2, 0.25) is 0 Å². The lowest BCUT2D eigenvalue weighted by Gasteiger charge is -2.31. The molecule has 0 spiro atoms. The lowest BCUT2D eigenvalue weighted by molar-refractivity contribution is 0.0592. The van der Waals surface area contributed by atoms with Crippen molar-refractivity contribution >= 4 is 17.3 Å². The van der Waals surface area contributed by atoms with Crippen LogP contribution in [0.5, 0.6) is 0 Å². The second-order valence-electron chi connectivity index (χ2n) is 7.54. The number of rotatable bonds is 10. The predicted molar refractivity (Wildman–Crippen MR) is 119 cm³/mol. The van der Waals surface area contributed by atoms with Crippen molar-refractivity contribution in [3.05, 3.63) is 108 Å². The van der Waals surface area contributed by atoms with E-state index >= 15 is 0 Å². The third-order valence-corrected chi connectivity index (χ3v) is 5.46. The Morgan fingerprint density at radius 1 is 0.633 bits per heavy atom. The monoisotopic (exact) mass is 398 g/mol. The minimum Gasteiger partial charge on any atom is -0.294 e. The molecule has 3 aromatic carbocycles. The number of hydrogen-bond donors (Lipinski definition) is 0. The van der Waals surface area contributed by atoms with Gasteiger partial charge in [-0.3, -0.25) is 14.4 Å². The van der Waals surface area contributed by atoms with Crippen LogP contribution >= 0.6 is 0 Å². The van der Waals surface area contributed by atoms with E-state index in [-0.39, 0.29) is 23.8 Å². The summed E-state index contributed by atoms with van der Waals surface area (Å²) in [5.41, 5.74) is 0.00336. The number of carbonyl (C=O) groups is 3. The molecule has 0 aliphatic rings. The molecule has 0 amide bonds. The van der Waals surface area contributed by atoms with E-state index in [0.29, 0.717) is 29.5 Å². The van der Waals surface area contributed by atoms with Gasteiger partial charge in [0.15, 0.2) is 17.3 Å². The third-order valence-electron chi connectivity index (χ3n) is 5.46. The third kappa shape index (κ3) is 4.62. The van der Waals surface area contributed by atoms with Gasteiger partial charge >= 0.3 is 0 Å². The zero-order valence-corrected chi connectivity index (χ0v) is 17.2. The van der Waals surface area contributed by atoms with Gasteiger partial charge in [0.2, 0.25) is 0 Å². The first-order valence-corrected chi connectivity index (χ1v) is 10.4. The fourth-order valence-electron chi connectivity index (χ4n) is 3.79. The molecule has 0 unspecified atom stereocenters. The highest BCUT2D eigenvalue weighted by atomic mass is 16.2. The smallest absolute Gasteiger partial charge is 0.177 e. The summed E-state index contributed by atoms with van der Waals surface area (Å²) in [6.07, 6.45) is 1.70. The van der Waals surface area contributed by atoms with Crippen molar-refractivity contribution in [3.8, 4) is 0 Å². The van der Waals surface area contributed by atoms with Crippen molar-refractivity contribution in [3.63, 3.8) is 0 Å². The Morgan fingerprint density at radius 3 is 1.43 bits per heavy atom. The number of ketones is 3. The molecule has 0 radical (unpaired) electrons. The summed E-state index contributed by atoms with van der Waals surface area (Å²) in [4.78, 5) is 40.8. The Kier molecular flexibility index (Phi) is 7.08. The highest BCUT2D eigenvalue weighted by molar-refractivity contribution is 6.22. The maximum absolute atomic E-state index is 13.8. The van der Waals surface area contributed by atoms with Crippen molar-refractivity contribution in [1.82, 2.24) is 0 Å². The standard InChI is InChI=1S/C27H26O3/c1-2-3-19-27(25(29)22-15-9-5-10-16-22,26(30)23-17-11-6-12-18-23)20-24(28)21-13-7-4-8-14-21/h4-18H,2-3,19-20H2,1H3. The van der Waals surface area contributed by atoms with Crippen molar-refractivity contribution in [2.45, 2.75) is 32.6 Å². The molecule has 0 aromatic heterocycles. The zero-order valence-electron chi connectivity index (χ0n) is 17.2. The van der Waals surface area contributed by atoms with Crippen LogP contribution < -0.4 is 0 Å². The van der Waals surface area contributed by atoms with Gasteiger partial charge in [-0.25, -0.2) is 0 Å². The van der Waals surface area contributed by atoms with E-state index in [2.05, 4.69) is 0 Å². The molecule has 0 heterocycles. The number of benzene rings is 3. The average Bonchev–Trinajstić information content (AvgIpc) is 2.82. The van der Waals surface area contributed by atoms with Gasteiger partial charge in [0.1, 0.15) is 5.41 Å². The van der Waals surface area contributed by atoms with Crippen LogP contribution in [0.25, 0.3) is 0 Å². The molecule has 0 N–H and O–H groups in total. The number of hydrogen-bond acceptors (Lipinski definition) is 3. The molecule has 3 rings (SSSR count). The average molecular weight is 399 g/mol. The molecule has 0 atom stereocenters. The van der Waals surface area contributed by atoms with Crippen LogP contribution in [0.1, 0.15) is 63.7 Å². The van der Waals surface area contributed by atoms with Crippen molar-refractivity contribution < 1.29 is 14.4 Å². The van der Waals surface area contributed by atoms with Gasteiger partial charge in [0.05, 0.1) is 0 Å². The molecule has 0 saturated heterocycles. The Hall–Kier alpha value is -3.33. The molecule has 3 heteroatoms. The molecule has 0 aliphatic carbocycles. The summed E-state index contributed by atoms with van der Waals surface area (Å²) in [6, 6.07) is 26.5. The maximum Gasteiger partial charge on any atom is 0.177 e. The second kappa shape index (κ2) is 9.93. The van der Waals surface area contributed by atoms with Gasteiger partial charge in [-0.1, -0.05) is 111 Å². The Balaban J connectivity index is 2.11. The summed E-state index contributed by atoms with van der Waals surface area (Å²) >= 11 is 0. The maximum atomic E-state index is 13.8. The predicted octanol–water partition coefficient (Wildman–Crippen LogP) is 6.20. The number of unbranched alkanes of at least 4 members (excludes halogenated alkanes) is 1. The SMILES string of the molecule is CCCCC(CC(=O)c1ccccc1)(C(=O)c1ccccc1)C(=O)c1ccccc1. The first-order chi connectivity index (χ1) is 14.6. The second-order valence-corrected chi connectivity index (χ2v) is 7.54. The summed E-state index contributed by atoms with van der Waals surface area (Å²) in [5.74, 6) is -0.760. The van der Waals surface area contributed by atoms with E-state index in [1.165, 1.54) is 0 Å². The molecule has 152 valence electrons. The van der Waals surface area contributed by atoms with Gasteiger partial charge in [-0.15, -0.1) is 0 Å². The lowest BCUT2D eigenvalue weighted by Crippen LogP contribution is -2.41. The molecular weight excluding hydrogens is 372 g/mol. The van der Waals surface area contributed by atoms with Crippen LogP contribution in [0.4, 0.5) is 0 Å². The van der Waals surface area contributed by atoms with Crippen molar-refractivity contribution in [2.75, 3.05) is 0 Å². The minimum absolute atomic E-state index is 0.140. The van der Waals surface area contributed by atoms with Gasteiger partial charge in [-0.2, -0.15) is 0 Å². The topological polar surface area (TPSA) is 51.2 Å². The summed E-state index contributed by atoms with van der Waals surface area (Å²) in [6.45, 7) is 2.02. The molecule has 3 nitrogen and oxygen atoms in total. The van der Waals surface area contributed by atoms with E-state index in [1.807, 2.05) is 25.1 Å². The quantitative estimate of drug-likeness (QED) is 0.302. The van der Waals surface area contributed by atoms with Crippen molar-refractivity contribution in [1.29, 1.82) is 0 Å². The van der Waals surface area contributed by atoms with Gasteiger partial charge in [0, 0.05) is 23.1 Å². The zero-order chi connectivity index (χ0) is 21.4. The first kappa shape index (κ1) is 21.4. The van der Waals surface area contributed by atoms with Crippen molar-refractivity contribution in [2.24, 2.45) is 5.41 Å². The van der Waals surface area contributed by atoms with E-state index in [4.69, 9.17) is 0 Å². The normalized spacial score (nSPS) is 11.1. The number of Topliss-reactive ketones (excluding diaryl/α,β-unsaturated/α-hetero) is 3. The molecular formula is C27H26O3. The molecule has 0 bridgehead atoms. The molecule has 3 aromatic rings. The fourth-order valence-corrected chi connectivity index (χ4v) is 3.79. The van der Waals surface area contributed by atoms with Crippen LogP contribution in [0.15, 0.2) is 91.0 Å². The minimum atomic E-state index is -1.42. The Morgan fingerprint density at radius 2 is 1.03 bits per heavy atom. The van der Waals surface area contributed by atoms with E-state index in [9.17, 15) is 14.4 Å². The molecule has 0 saturated carbocycles. The summed E-state index contributed by atoms with van der Waals surface area (Å²) in [5, 5.41) is 0. The van der Waals surface area contributed by atoms with Crippen LogP contribution in [0, 0.1) is 5.41 Å². The Labute approximate surface area is 177 Å². The summed E-state index contributed by atoms with van der Waals surface area (Å²) < 4.78 is 0. The van der Waals surface area contributed by atoms with E-state index in [1.54, 1.807) is 72.8 Å². The van der Waals surface area contributed by atoms with Crippen LogP contribution in [-0.4, -0.2) is 17.3 Å². The molecule has 0 fully saturated rings. The van der Waals surface area contributed by atoms with E-state index in [0.717, 1.165) is 6.42 Å². The van der Waals surface area contributed by atoms with E-state index < -0.39 is 5.41 Å². The largest absolute Gasteiger partial charge is 0.294 e. The molecule has 30 heavy (non-hydrogen) atoms. The Bertz CT molecular complexity index is 941. The highest BCUT2D eigenvalue weighted by Gasteiger charge is 2.47. The van der Waals surface area contributed by atoms with Gasteiger partial charge in [0.25, 0.3) is 0 Å². The van der Waals surface area contributed by atoms with Gasteiger partial charge < -0.3 is 0 Å². The summed E-state index contributed by atoms with van der Waals surface area (Å²) in [7, 11) is 0. The van der Waals surface area contributed by atoms with Gasteiger partial charge in [-0.05, 0) is 6.42 Å².